The fraction of sp³-hybridized carbons (Fsp3) is 0.158. The Balaban J connectivity index is 1.71. The molecule has 0 atom stereocenters. The van der Waals surface area contributed by atoms with Crippen molar-refractivity contribution in [3.8, 4) is 11.5 Å². The van der Waals surface area contributed by atoms with E-state index in [1.165, 1.54) is 19.2 Å². The summed E-state index contributed by atoms with van der Waals surface area (Å²) in [6, 6.07) is 11.9. The molecule has 0 aliphatic heterocycles. The first-order chi connectivity index (χ1) is 13.5. The Bertz CT molecular complexity index is 1010. The maximum atomic E-state index is 12.2. The monoisotopic (exact) mass is 381 g/mol. The summed E-state index contributed by atoms with van der Waals surface area (Å²) in [6.45, 7) is 1.70. The largest absolute Gasteiger partial charge is 0.507 e. The number of nitrogens with one attached hydrogen (secondary N) is 1. The molecule has 0 aliphatic carbocycles. The van der Waals surface area contributed by atoms with Crippen molar-refractivity contribution in [1.29, 1.82) is 0 Å². The van der Waals surface area contributed by atoms with Crippen molar-refractivity contribution in [3.63, 3.8) is 0 Å². The normalized spacial score (nSPS) is 10.4. The number of aryl methyl sites for hydroxylation is 1. The lowest BCUT2D eigenvalue weighted by Gasteiger charge is -2.10. The molecule has 28 heavy (non-hydrogen) atoms. The van der Waals surface area contributed by atoms with E-state index in [4.69, 9.17) is 15.2 Å². The lowest BCUT2D eigenvalue weighted by atomic mass is 10.2. The van der Waals surface area contributed by atoms with Gasteiger partial charge in [0, 0.05) is 11.8 Å². The number of esters is 1. The maximum Gasteiger partial charge on any atom is 0.342 e. The van der Waals surface area contributed by atoms with E-state index >= 15 is 0 Å². The summed E-state index contributed by atoms with van der Waals surface area (Å²) in [5.41, 5.74) is 7.55. The molecule has 0 bridgehead atoms. The summed E-state index contributed by atoms with van der Waals surface area (Å²) in [5, 5.41) is 13.0. The van der Waals surface area contributed by atoms with Crippen molar-refractivity contribution >= 4 is 23.6 Å². The van der Waals surface area contributed by atoms with E-state index < -0.39 is 5.97 Å². The SMILES string of the molecule is COc1ccc(C(=O)OCc2nc(N)nc(Nc3ccccc3C)n2)c(O)c1. The molecule has 144 valence electrons. The molecule has 2 aromatic carbocycles. The molecule has 3 aromatic rings. The van der Waals surface area contributed by atoms with Gasteiger partial charge in [-0.1, -0.05) is 18.2 Å². The average molecular weight is 381 g/mol. The number of hydrogen-bond donors (Lipinski definition) is 3. The molecule has 4 N–H and O–H groups in total. The van der Waals surface area contributed by atoms with Gasteiger partial charge in [-0.25, -0.2) is 4.79 Å². The first kappa shape index (κ1) is 18.9. The average Bonchev–Trinajstić information content (AvgIpc) is 2.67. The predicted octanol–water partition coefficient (Wildman–Crippen LogP) is 2.58. The molecule has 0 unspecified atom stereocenters. The summed E-state index contributed by atoms with van der Waals surface area (Å²) in [5.74, 6) is -0.158. The van der Waals surface area contributed by atoms with Crippen LogP contribution >= 0.6 is 0 Å². The minimum atomic E-state index is -0.729. The van der Waals surface area contributed by atoms with E-state index in [0.717, 1.165) is 11.3 Å². The van der Waals surface area contributed by atoms with Crippen LogP contribution in [0, 0.1) is 6.92 Å². The number of nitrogens with zero attached hydrogens (tertiary/aromatic N) is 3. The van der Waals surface area contributed by atoms with Crippen molar-refractivity contribution in [2.75, 3.05) is 18.2 Å². The Labute approximate surface area is 161 Å². The highest BCUT2D eigenvalue weighted by Gasteiger charge is 2.15. The van der Waals surface area contributed by atoms with Crippen LogP contribution < -0.4 is 15.8 Å². The number of nitrogen functional groups attached to an aromatic ring is 1. The second-order valence-electron chi connectivity index (χ2n) is 5.83. The van der Waals surface area contributed by atoms with Gasteiger partial charge in [-0.2, -0.15) is 15.0 Å². The van der Waals surface area contributed by atoms with Crippen LogP contribution in [0.5, 0.6) is 11.5 Å². The number of nitrogens with two attached hydrogens (primary N) is 1. The molecule has 0 fully saturated rings. The van der Waals surface area contributed by atoms with E-state index in [9.17, 15) is 9.90 Å². The van der Waals surface area contributed by atoms with Crippen molar-refractivity contribution < 1.29 is 19.4 Å². The van der Waals surface area contributed by atoms with Gasteiger partial charge in [0.05, 0.1) is 7.11 Å². The molecule has 0 radical (unpaired) electrons. The molecular formula is C19H19N5O4. The molecule has 3 rings (SSSR count). The Hall–Kier alpha value is -3.88. The summed E-state index contributed by atoms with van der Waals surface area (Å²) >= 11 is 0. The number of anilines is 3. The van der Waals surface area contributed by atoms with E-state index in [-0.39, 0.29) is 35.6 Å². The van der Waals surface area contributed by atoms with Crippen LogP contribution in [-0.2, 0) is 11.3 Å². The zero-order chi connectivity index (χ0) is 20.1. The van der Waals surface area contributed by atoms with E-state index in [1.807, 2.05) is 31.2 Å². The number of carbonyl (C=O) groups is 1. The van der Waals surface area contributed by atoms with Crippen LogP contribution in [0.3, 0.4) is 0 Å². The Kier molecular flexibility index (Phi) is 5.54. The fourth-order valence-corrected chi connectivity index (χ4v) is 2.41. The quantitative estimate of drug-likeness (QED) is 0.551. The van der Waals surface area contributed by atoms with Gasteiger partial charge in [0.25, 0.3) is 0 Å². The Morgan fingerprint density at radius 2 is 1.96 bits per heavy atom. The number of phenols is 1. The second-order valence-corrected chi connectivity index (χ2v) is 5.83. The number of hydrogen-bond acceptors (Lipinski definition) is 9. The lowest BCUT2D eigenvalue weighted by molar-refractivity contribution is 0.0459. The number of carbonyl (C=O) groups excluding carboxylic acids is 1. The molecule has 0 saturated heterocycles. The van der Waals surface area contributed by atoms with Crippen molar-refractivity contribution in [2.45, 2.75) is 13.5 Å². The molecule has 0 spiro atoms. The molecule has 9 nitrogen and oxygen atoms in total. The minimum absolute atomic E-state index is 0.00101. The third-order valence-corrected chi connectivity index (χ3v) is 3.85. The second kappa shape index (κ2) is 8.21. The smallest absolute Gasteiger partial charge is 0.342 e. The van der Waals surface area contributed by atoms with Crippen LogP contribution in [0.15, 0.2) is 42.5 Å². The van der Waals surface area contributed by atoms with E-state index in [1.54, 1.807) is 6.07 Å². The molecule has 1 heterocycles. The zero-order valence-electron chi connectivity index (χ0n) is 15.3. The summed E-state index contributed by atoms with van der Waals surface area (Å²) in [7, 11) is 1.46. The minimum Gasteiger partial charge on any atom is -0.507 e. The van der Waals surface area contributed by atoms with Gasteiger partial charge < -0.3 is 25.6 Å². The number of para-hydroxylation sites is 1. The topological polar surface area (TPSA) is 132 Å². The summed E-state index contributed by atoms with van der Waals surface area (Å²) < 4.78 is 10.2. The van der Waals surface area contributed by atoms with Gasteiger partial charge in [0.2, 0.25) is 11.9 Å². The summed E-state index contributed by atoms with van der Waals surface area (Å²) in [4.78, 5) is 24.4. The maximum absolute atomic E-state index is 12.2. The van der Waals surface area contributed by atoms with Crippen LogP contribution in [0.1, 0.15) is 21.7 Å². The van der Waals surface area contributed by atoms with E-state index in [0.29, 0.717) is 5.75 Å². The first-order valence-corrected chi connectivity index (χ1v) is 8.33. The van der Waals surface area contributed by atoms with Gasteiger partial charge in [-0.3, -0.25) is 0 Å². The van der Waals surface area contributed by atoms with Crippen LogP contribution in [0.4, 0.5) is 17.6 Å². The number of ether oxygens (including phenoxy) is 2. The van der Waals surface area contributed by atoms with Crippen molar-refractivity contribution in [1.82, 2.24) is 15.0 Å². The van der Waals surface area contributed by atoms with Crippen molar-refractivity contribution in [3.05, 3.63) is 59.4 Å². The molecule has 0 saturated carbocycles. The molecule has 0 amide bonds. The number of aromatic nitrogens is 3. The summed E-state index contributed by atoms with van der Waals surface area (Å²) in [6.07, 6.45) is 0. The fourth-order valence-electron chi connectivity index (χ4n) is 2.41. The number of methoxy groups -OCH3 is 1. The highest BCUT2D eigenvalue weighted by atomic mass is 16.5. The van der Waals surface area contributed by atoms with Gasteiger partial charge in [-0.15, -0.1) is 0 Å². The van der Waals surface area contributed by atoms with Gasteiger partial charge in [0.1, 0.15) is 17.1 Å². The third kappa shape index (κ3) is 4.44. The van der Waals surface area contributed by atoms with Gasteiger partial charge in [0.15, 0.2) is 12.4 Å². The number of benzene rings is 2. The molecule has 0 aliphatic rings. The standard InChI is InChI=1S/C19H19N5O4/c1-11-5-3-4-6-14(11)21-19-23-16(22-18(20)24-19)10-28-17(26)13-8-7-12(27-2)9-15(13)25/h3-9,25H,10H2,1-2H3,(H3,20,21,22,23,24). The zero-order valence-corrected chi connectivity index (χ0v) is 15.3. The number of phenolic OH excluding ortho intramolecular Hbond substituents is 1. The Morgan fingerprint density at radius 3 is 2.68 bits per heavy atom. The van der Waals surface area contributed by atoms with Gasteiger partial charge in [-0.05, 0) is 30.7 Å². The number of aromatic hydroxyl groups is 1. The molecular weight excluding hydrogens is 362 g/mol. The molecule has 1 aromatic heterocycles. The number of rotatable bonds is 6. The van der Waals surface area contributed by atoms with E-state index in [2.05, 4.69) is 20.3 Å². The van der Waals surface area contributed by atoms with Crippen LogP contribution in [-0.4, -0.2) is 33.1 Å². The highest BCUT2D eigenvalue weighted by molar-refractivity contribution is 5.92. The van der Waals surface area contributed by atoms with Gasteiger partial charge >= 0.3 is 5.97 Å². The Morgan fingerprint density at radius 1 is 1.18 bits per heavy atom. The highest BCUT2D eigenvalue weighted by Crippen LogP contribution is 2.24. The van der Waals surface area contributed by atoms with Crippen molar-refractivity contribution in [2.24, 2.45) is 0 Å². The third-order valence-electron chi connectivity index (χ3n) is 3.85. The lowest BCUT2D eigenvalue weighted by Crippen LogP contribution is -2.11. The van der Waals surface area contributed by atoms with Crippen LogP contribution in [0.25, 0.3) is 0 Å². The molecule has 9 heteroatoms. The van der Waals surface area contributed by atoms with Crippen LogP contribution in [0.2, 0.25) is 0 Å². The first-order valence-electron chi connectivity index (χ1n) is 8.33. The predicted molar refractivity (Wildman–Crippen MR) is 102 cm³/mol.